The monoisotopic (exact) mass is 485 g/mol. The number of rotatable bonds is 6. The summed E-state index contributed by atoms with van der Waals surface area (Å²) in [5, 5.41) is 11.4. The van der Waals surface area contributed by atoms with Crippen LogP contribution in [0.4, 0.5) is 4.39 Å². The van der Waals surface area contributed by atoms with Gasteiger partial charge in [0.25, 0.3) is 11.7 Å². The highest BCUT2D eigenvalue weighted by Crippen LogP contribution is 2.40. The Morgan fingerprint density at radius 3 is 2.46 bits per heavy atom. The SMILES string of the molecule is COC(=O)c1[nH]c(C)c(/C(O)=C2\C(=O)C(=O)N(CCN3CCOCC3)[C@@H]2c2ccc(F)cc2)c1C. The highest BCUT2D eigenvalue weighted by molar-refractivity contribution is 6.46. The summed E-state index contributed by atoms with van der Waals surface area (Å²) in [6.45, 7) is 6.63. The van der Waals surface area contributed by atoms with E-state index < -0.39 is 35.3 Å². The number of Topliss-reactive ketones (excluding diaryl/α,β-unsaturated/α-hetero) is 1. The fourth-order valence-electron chi connectivity index (χ4n) is 4.72. The zero-order valence-corrected chi connectivity index (χ0v) is 19.9. The molecule has 4 rings (SSSR count). The van der Waals surface area contributed by atoms with Crippen molar-refractivity contribution >= 4 is 23.4 Å². The Bertz CT molecular complexity index is 1180. The molecule has 0 saturated carbocycles. The van der Waals surface area contributed by atoms with Gasteiger partial charge in [-0.3, -0.25) is 14.5 Å². The fraction of sp³-hybridized carbons (Fsp3) is 0.400. The molecule has 0 bridgehead atoms. The van der Waals surface area contributed by atoms with Gasteiger partial charge in [-0.25, -0.2) is 9.18 Å². The zero-order valence-electron chi connectivity index (χ0n) is 19.9. The highest BCUT2D eigenvalue weighted by Gasteiger charge is 2.46. The number of ether oxygens (including phenoxy) is 2. The Morgan fingerprint density at radius 1 is 1.17 bits per heavy atom. The number of likely N-dealkylation sites (tertiary alicyclic amines) is 1. The number of aromatic nitrogens is 1. The molecule has 1 aromatic heterocycles. The van der Waals surface area contributed by atoms with Crippen LogP contribution in [0.5, 0.6) is 0 Å². The third-order valence-electron chi connectivity index (χ3n) is 6.55. The maximum atomic E-state index is 13.7. The fourth-order valence-corrected chi connectivity index (χ4v) is 4.72. The van der Waals surface area contributed by atoms with E-state index in [1.807, 2.05) is 0 Å². The van der Waals surface area contributed by atoms with Gasteiger partial charge in [0.05, 0.1) is 31.9 Å². The molecule has 1 aromatic carbocycles. The number of aromatic amines is 1. The molecule has 3 heterocycles. The van der Waals surface area contributed by atoms with Crippen molar-refractivity contribution in [1.29, 1.82) is 0 Å². The van der Waals surface area contributed by atoms with Gasteiger partial charge in [-0.1, -0.05) is 12.1 Å². The molecule has 9 nitrogen and oxygen atoms in total. The Morgan fingerprint density at radius 2 is 1.83 bits per heavy atom. The van der Waals surface area contributed by atoms with E-state index in [9.17, 15) is 23.9 Å². The average molecular weight is 486 g/mol. The van der Waals surface area contributed by atoms with Crippen LogP contribution in [0.3, 0.4) is 0 Å². The molecule has 2 aromatic rings. The van der Waals surface area contributed by atoms with Crippen LogP contribution in [0, 0.1) is 19.7 Å². The van der Waals surface area contributed by atoms with Crippen LogP contribution in [0.2, 0.25) is 0 Å². The molecule has 1 amide bonds. The van der Waals surface area contributed by atoms with Gasteiger partial charge in [0, 0.05) is 37.4 Å². The van der Waals surface area contributed by atoms with E-state index in [-0.39, 0.29) is 23.4 Å². The van der Waals surface area contributed by atoms with Crippen molar-refractivity contribution < 1.29 is 33.4 Å². The molecule has 2 aliphatic rings. The second-order valence-corrected chi connectivity index (χ2v) is 8.61. The predicted octanol–water partition coefficient (Wildman–Crippen LogP) is 2.31. The summed E-state index contributed by atoms with van der Waals surface area (Å²) in [7, 11) is 1.24. The van der Waals surface area contributed by atoms with E-state index in [2.05, 4.69) is 9.88 Å². The molecule has 0 radical (unpaired) electrons. The van der Waals surface area contributed by atoms with Crippen LogP contribution in [0.1, 0.15) is 38.9 Å². The number of halogens is 1. The van der Waals surface area contributed by atoms with E-state index in [4.69, 9.17) is 9.47 Å². The van der Waals surface area contributed by atoms with Crippen molar-refractivity contribution in [2.75, 3.05) is 46.5 Å². The van der Waals surface area contributed by atoms with Crippen LogP contribution in [-0.4, -0.2) is 84.1 Å². The number of carbonyl (C=O) groups excluding carboxylic acids is 3. The Kier molecular flexibility index (Phi) is 7.04. The lowest BCUT2D eigenvalue weighted by Gasteiger charge is -2.31. The summed E-state index contributed by atoms with van der Waals surface area (Å²) in [5.74, 6) is -3.05. The first-order valence-corrected chi connectivity index (χ1v) is 11.4. The van der Waals surface area contributed by atoms with E-state index >= 15 is 0 Å². The van der Waals surface area contributed by atoms with Crippen LogP contribution < -0.4 is 0 Å². The number of methoxy groups -OCH3 is 1. The summed E-state index contributed by atoms with van der Waals surface area (Å²) in [4.78, 5) is 44.9. The summed E-state index contributed by atoms with van der Waals surface area (Å²) in [6, 6.07) is 4.58. The van der Waals surface area contributed by atoms with Gasteiger partial charge in [0.2, 0.25) is 0 Å². The number of esters is 1. The van der Waals surface area contributed by atoms with Crippen molar-refractivity contribution in [3.63, 3.8) is 0 Å². The number of aliphatic hydroxyl groups is 1. The van der Waals surface area contributed by atoms with E-state index in [0.717, 1.165) is 0 Å². The Labute approximate surface area is 202 Å². The van der Waals surface area contributed by atoms with Crippen LogP contribution in [0.15, 0.2) is 29.8 Å². The molecule has 2 fully saturated rings. The number of morpholine rings is 1. The van der Waals surface area contributed by atoms with Gasteiger partial charge in [-0.2, -0.15) is 0 Å². The Hall–Kier alpha value is -3.50. The third-order valence-corrected chi connectivity index (χ3v) is 6.55. The van der Waals surface area contributed by atoms with Gasteiger partial charge in [-0.05, 0) is 37.1 Å². The minimum absolute atomic E-state index is 0.106. The minimum atomic E-state index is -0.910. The van der Waals surface area contributed by atoms with E-state index in [0.29, 0.717) is 49.7 Å². The molecule has 1 atom stereocenters. The predicted molar refractivity (Wildman–Crippen MR) is 124 cm³/mol. The van der Waals surface area contributed by atoms with Crippen molar-refractivity contribution in [2.24, 2.45) is 0 Å². The number of nitrogens with zero attached hydrogens (tertiary/aromatic N) is 2. The smallest absolute Gasteiger partial charge is 0.354 e. The number of nitrogens with one attached hydrogen (secondary N) is 1. The highest BCUT2D eigenvalue weighted by atomic mass is 19.1. The van der Waals surface area contributed by atoms with Gasteiger partial charge in [0.15, 0.2) is 0 Å². The lowest BCUT2D eigenvalue weighted by Crippen LogP contribution is -2.42. The molecule has 2 N–H and O–H groups in total. The zero-order chi connectivity index (χ0) is 25.3. The van der Waals surface area contributed by atoms with Crippen molar-refractivity contribution in [1.82, 2.24) is 14.8 Å². The number of benzene rings is 1. The minimum Gasteiger partial charge on any atom is -0.507 e. The molecule has 0 unspecified atom stereocenters. The summed E-state index contributed by atoms with van der Waals surface area (Å²) in [6.07, 6.45) is 0. The molecule has 2 saturated heterocycles. The van der Waals surface area contributed by atoms with Crippen LogP contribution in [-0.2, 0) is 19.1 Å². The van der Waals surface area contributed by atoms with Gasteiger partial charge >= 0.3 is 5.97 Å². The standard InChI is InChI=1S/C25H28FN3O6/c1-14-18(15(2)27-20(14)25(33)34-3)22(30)19-21(16-4-6-17(26)7-5-16)29(24(32)23(19)31)9-8-28-10-12-35-13-11-28/h4-7,21,27,30H,8-13H2,1-3H3/b22-19+/t21-/m1/s1. The maximum Gasteiger partial charge on any atom is 0.354 e. The Balaban J connectivity index is 1.79. The number of ketones is 1. The van der Waals surface area contributed by atoms with Gasteiger partial charge in [0.1, 0.15) is 17.3 Å². The van der Waals surface area contributed by atoms with Crippen molar-refractivity contribution in [2.45, 2.75) is 19.9 Å². The van der Waals surface area contributed by atoms with Gasteiger partial charge < -0.3 is 24.5 Å². The van der Waals surface area contributed by atoms with Crippen molar-refractivity contribution in [3.05, 3.63) is 63.7 Å². The molecule has 10 heteroatoms. The quantitative estimate of drug-likeness (QED) is 0.280. The lowest BCUT2D eigenvalue weighted by atomic mass is 9.94. The van der Waals surface area contributed by atoms with E-state index in [1.165, 1.54) is 36.3 Å². The number of hydrogen-bond acceptors (Lipinski definition) is 7. The molecular weight excluding hydrogens is 457 g/mol. The van der Waals surface area contributed by atoms with E-state index in [1.54, 1.807) is 13.8 Å². The van der Waals surface area contributed by atoms with Crippen LogP contribution >= 0.6 is 0 Å². The van der Waals surface area contributed by atoms with Crippen LogP contribution in [0.25, 0.3) is 5.76 Å². The first-order valence-electron chi connectivity index (χ1n) is 11.4. The number of carbonyl (C=O) groups is 3. The second-order valence-electron chi connectivity index (χ2n) is 8.61. The molecule has 186 valence electrons. The first kappa shape index (κ1) is 24.6. The second kappa shape index (κ2) is 10.0. The molecule has 2 aliphatic heterocycles. The summed E-state index contributed by atoms with van der Waals surface area (Å²) in [5.41, 5.74) is 1.62. The lowest BCUT2D eigenvalue weighted by molar-refractivity contribution is -0.140. The van der Waals surface area contributed by atoms with Crippen molar-refractivity contribution in [3.8, 4) is 0 Å². The summed E-state index contributed by atoms with van der Waals surface area (Å²) >= 11 is 0. The maximum absolute atomic E-state index is 13.7. The molecular formula is C25H28FN3O6. The number of amides is 1. The number of hydrogen-bond donors (Lipinski definition) is 2. The number of H-pyrrole nitrogens is 1. The first-order chi connectivity index (χ1) is 16.7. The van der Waals surface area contributed by atoms with Gasteiger partial charge in [-0.15, -0.1) is 0 Å². The summed E-state index contributed by atoms with van der Waals surface area (Å²) < 4.78 is 23.8. The third kappa shape index (κ3) is 4.59. The number of aliphatic hydroxyl groups excluding tert-OH is 1. The molecule has 0 spiro atoms. The normalized spacial score (nSPS) is 20.5. The molecule has 0 aliphatic carbocycles. The number of aryl methyl sites for hydroxylation is 1. The average Bonchev–Trinajstić information content (AvgIpc) is 3.30. The molecule has 35 heavy (non-hydrogen) atoms. The largest absolute Gasteiger partial charge is 0.507 e. The topological polar surface area (TPSA) is 112 Å².